The first-order valence-corrected chi connectivity index (χ1v) is 9.99. The number of aromatic nitrogens is 3. The number of hydrogen-bond donors (Lipinski definition) is 0. The number of rotatable bonds is 3. The number of morpholine rings is 1. The Bertz CT molecular complexity index is 909. The highest BCUT2D eigenvalue weighted by atomic mass is 16.5. The normalized spacial score (nSPS) is 19.4. The SMILES string of the molecule is Cc1ncc(C(=O)N2CCCC2c2ccc(C(=O)N3CCOCC3)cn2)c(C)n1. The highest BCUT2D eigenvalue weighted by Gasteiger charge is 2.32. The van der Waals surface area contributed by atoms with E-state index in [-0.39, 0.29) is 17.9 Å². The lowest BCUT2D eigenvalue weighted by molar-refractivity contribution is 0.0302. The molecule has 2 saturated heterocycles. The Balaban J connectivity index is 1.51. The first kappa shape index (κ1) is 19.4. The van der Waals surface area contributed by atoms with E-state index in [1.165, 1.54) is 0 Å². The van der Waals surface area contributed by atoms with E-state index in [1.54, 1.807) is 23.4 Å². The van der Waals surface area contributed by atoms with Gasteiger partial charge in [0.05, 0.1) is 41.8 Å². The molecule has 29 heavy (non-hydrogen) atoms. The van der Waals surface area contributed by atoms with Crippen LogP contribution in [0.25, 0.3) is 0 Å². The largest absolute Gasteiger partial charge is 0.378 e. The van der Waals surface area contributed by atoms with E-state index in [0.29, 0.717) is 55.5 Å². The lowest BCUT2D eigenvalue weighted by Crippen LogP contribution is -2.40. The van der Waals surface area contributed by atoms with Crippen LogP contribution < -0.4 is 0 Å². The fourth-order valence-electron chi connectivity index (χ4n) is 3.94. The lowest BCUT2D eigenvalue weighted by Gasteiger charge is -2.27. The van der Waals surface area contributed by atoms with Gasteiger partial charge >= 0.3 is 0 Å². The van der Waals surface area contributed by atoms with Crippen LogP contribution in [-0.4, -0.2) is 69.4 Å². The zero-order valence-corrected chi connectivity index (χ0v) is 16.8. The Hall–Kier alpha value is -2.87. The van der Waals surface area contributed by atoms with Crippen molar-refractivity contribution < 1.29 is 14.3 Å². The number of ether oxygens (including phenoxy) is 1. The molecule has 1 atom stereocenters. The van der Waals surface area contributed by atoms with Crippen LogP contribution in [0.15, 0.2) is 24.5 Å². The smallest absolute Gasteiger partial charge is 0.257 e. The van der Waals surface area contributed by atoms with Gasteiger partial charge in [-0.2, -0.15) is 0 Å². The summed E-state index contributed by atoms with van der Waals surface area (Å²) in [6, 6.07) is 3.57. The van der Waals surface area contributed by atoms with Gasteiger partial charge in [-0.15, -0.1) is 0 Å². The second kappa shape index (κ2) is 8.24. The standard InChI is InChI=1S/C21H25N5O3/c1-14-17(13-22-15(2)24-14)21(28)26-7-3-4-19(26)18-6-5-16(12-23-18)20(27)25-8-10-29-11-9-25/h5-6,12-13,19H,3-4,7-11H2,1-2H3. The first-order valence-electron chi connectivity index (χ1n) is 9.99. The van der Waals surface area contributed by atoms with Crippen LogP contribution in [0.1, 0.15) is 56.8 Å². The number of nitrogens with zero attached hydrogens (tertiary/aromatic N) is 5. The third-order valence-corrected chi connectivity index (χ3v) is 5.52. The van der Waals surface area contributed by atoms with Crippen molar-refractivity contribution in [2.45, 2.75) is 32.7 Å². The summed E-state index contributed by atoms with van der Waals surface area (Å²) in [6.07, 6.45) is 4.99. The molecule has 2 aliphatic heterocycles. The van der Waals surface area contributed by atoms with Crippen LogP contribution in [-0.2, 0) is 4.74 Å². The maximum Gasteiger partial charge on any atom is 0.257 e. The van der Waals surface area contributed by atoms with Crippen LogP contribution in [0.5, 0.6) is 0 Å². The predicted octanol–water partition coefficient (Wildman–Crippen LogP) is 1.94. The van der Waals surface area contributed by atoms with E-state index >= 15 is 0 Å². The second-order valence-electron chi connectivity index (χ2n) is 7.45. The summed E-state index contributed by atoms with van der Waals surface area (Å²) >= 11 is 0. The summed E-state index contributed by atoms with van der Waals surface area (Å²) in [5, 5.41) is 0. The highest BCUT2D eigenvalue weighted by Crippen LogP contribution is 2.32. The van der Waals surface area contributed by atoms with E-state index < -0.39 is 0 Å². The third kappa shape index (κ3) is 3.98. The highest BCUT2D eigenvalue weighted by molar-refractivity contribution is 5.95. The monoisotopic (exact) mass is 395 g/mol. The molecular formula is C21H25N5O3. The van der Waals surface area contributed by atoms with E-state index in [0.717, 1.165) is 18.5 Å². The molecule has 0 saturated carbocycles. The lowest BCUT2D eigenvalue weighted by atomic mass is 10.1. The van der Waals surface area contributed by atoms with Gasteiger partial charge in [-0.3, -0.25) is 14.6 Å². The second-order valence-corrected chi connectivity index (χ2v) is 7.45. The molecule has 4 rings (SSSR count). The summed E-state index contributed by atoms with van der Waals surface area (Å²) in [7, 11) is 0. The van der Waals surface area contributed by atoms with Crippen molar-refractivity contribution in [1.29, 1.82) is 0 Å². The van der Waals surface area contributed by atoms with Crippen molar-refractivity contribution in [3.63, 3.8) is 0 Å². The van der Waals surface area contributed by atoms with Crippen molar-refractivity contribution in [2.75, 3.05) is 32.8 Å². The van der Waals surface area contributed by atoms with Crippen LogP contribution in [0.4, 0.5) is 0 Å². The number of amides is 2. The van der Waals surface area contributed by atoms with Crippen LogP contribution in [0.3, 0.4) is 0 Å². The van der Waals surface area contributed by atoms with Crippen molar-refractivity contribution in [3.05, 3.63) is 52.9 Å². The maximum atomic E-state index is 13.1. The molecule has 1 unspecified atom stereocenters. The summed E-state index contributed by atoms with van der Waals surface area (Å²) < 4.78 is 5.30. The molecule has 2 aliphatic rings. The molecule has 8 heteroatoms. The molecule has 0 aliphatic carbocycles. The minimum Gasteiger partial charge on any atom is -0.378 e. The maximum absolute atomic E-state index is 13.1. The van der Waals surface area contributed by atoms with Crippen LogP contribution >= 0.6 is 0 Å². The fourth-order valence-corrected chi connectivity index (χ4v) is 3.94. The molecule has 152 valence electrons. The van der Waals surface area contributed by atoms with Crippen molar-refractivity contribution in [2.24, 2.45) is 0 Å². The average Bonchev–Trinajstić information content (AvgIpc) is 3.23. The molecular weight excluding hydrogens is 370 g/mol. The van der Waals surface area contributed by atoms with E-state index in [4.69, 9.17) is 4.74 Å². The quantitative estimate of drug-likeness (QED) is 0.789. The number of pyridine rings is 1. The van der Waals surface area contributed by atoms with E-state index in [1.807, 2.05) is 24.8 Å². The number of aryl methyl sites for hydroxylation is 2. The van der Waals surface area contributed by atoms with Crippen molar-refractivity contribution >= 4 is 11.8 Å². The van der Waals surface area contributed by atoms with Crippen LogP contribution in [0, 0.1) is 13.8 Å². The minimum atomic E-state index is -0.101. The minimum absolute atomic E-state index is 0.0286. The number of carbonyl (C=O) groups is 2. The number of carbonyl (C=O) groups excluding carboxylic acids is 2. The molecule has 0 aromatic carbocycles. The van der Waals surface area contributed by atoms with Crippen molar-refractivity contribution in [3.8, 4) is 0 Å². The molecule has 2 fully saturated rings. The van der Waals surface area contributed by atoms with Crippen LogP contribution in [0.2, 0.25) is 0 Å². The third-order valence-electron chi connectivity index (χ3n) is 5.52. The van der Waals surface area contributed by atoms with Gasteiger partial charge < -0.3 is 14.5 Å². The Morgan fingerprint density at radius 1 is 1.03 bits per heavy atom. The Morgan fingerprint density at radius 2 is 1.83 bits per heavy atom. The topological polar surface area (TPSA) is 88.5 Å². The summed E-state index contributed by atoms with van der Waals surface area (Å²) in [6.45, 7) is 6.65. The van der Waals surface area contributed by atoms with Crippen molar-refractivity contribution in [1.82, 2.24) is 24.8 Å². The summed E-state index contributed by atoms with van der Waals surface area (Å²) in [5.74, 6) is 0.554. The molecule has 8 nitrogen and oxygen atoms in total. The summed E-state index contributed by atoms with van der Waals surface area (Å²) in [5.41, 5.74) is 2.59. The summed E-state index contributed by atoms with van der Waals surface area (Å²) in [4.78, 5) is 42.4. The Morgan fingerprint density at radius 3 is 2.52 bits per heavy atom. The van der Waals surface area contributed by atoms with Gasteiger partial charge in [-0.05, 0) is 38.8 Å². The van der Waals surface area contributed by atoms with E-state index in [2.05, 4.69) is 15.0 Å². The number of hydrogen-bond acceptors (Lipinski definition) is 6. The van der Waals surface area contributed by atoms with Gasteiger partial charge in [0.1, 0.15) is 5.82 Å². The predicted molar refractivity (Wildman–Crippen MR) is 105 cm³/mol. The molecule has 0 spiro atoms. The molecule has 2 aromatic heterocycles. The first-order chi connectivity index (χ1) is 14.0. The van der Waals surface area contributed by atoms with Gasteiger partial charge in [-0.25, -0.2) is 9.97 Å². The Labute approximate surface area is 169 Å². The molecule has 4 heterocycles. The zero-order chi connectivity index (χ0) is 20.4. The molecule has 2 aromatic rings. The van der Waals surface area contributed by atoms with Gasteiger partial charge in [-0.1, -0.05) is 0 Å². The average molecular weight is 395 g/mol. The van der Waals surface area contributed by atoms with Gasteiger partial charge in [0.2, 0.25) is 0 Å². The molecule has 0 bridgehead atoms. The molecule has 0 N–H and O–H groups in total. The van der Waals surface area contributed by atoms with Gasteiger partial charge in [0.15, 0.2) is 0 Å². The number of likely N-dealkylation sites (tertiary alicyclic amines) is 1. The molecule has 0 radical (unpaired) electrons. The van der Waals surface area contributed by atoms with E-state index in [9.17, 15) is 9.59 Å². The van der Waals surface area contributed by atoms with Gasteiger partial charge in [0, 0.05) is 32.0 Å². The Kier molecular flexibility index (Phi) is 5.53. The fraction of sp³-hybridized carbons (Fsp3) is 0.476. The van der Waals surface area contributed by atoms with Gasteiger partial charge in [0.25, 0.3) is 11.8 Å². The molecule has 2 amide bonds. The zero-order valence-electron chi connectivity index (χ0n) is 16.8.